The number of aryl methyl sites for hydroxylation is 2. The second-order valence-electron chi connectivity index (χ2n) is 4.70. The van der Waals surface area contributed by atoms with Gasteiger partial charge in [-0.3, -0.25) is 14.9 Å². The number of carbonyl (C=O) groups excluding carboxylic acids is 1. The van der Waals surface area contributed by atoms with Crippen LogP contribution < -0.4 is 5.32 Å². The van der Waals surface area contributed by atoms with Crippen LogP contribution in [0.2, 0.25) is 5.02 Å². The highest BCUT2D eigenvalue weighted by Gasteiger charge is 2.16. The third kappa shape index (κ3) is 3.38. The molecule has 0 bridgehead atoms. The summed E-state index contributed by atoms with van der Waals surface area (Å²) in [5.41, 5.74) is 2.42. The van der Waals surface area contributed by atoms with Crippen LogP contribution in [0.4, 0.5) is 11.4 Å². The van der Waals surface area contributed by atoms with Crippen LogP contribution in [-0.4, -0.2) is 10.8 Å². The van der Waals surface area contributed by atoms with Crippen molar-refractivity contribution in [2.75, 3.05) is 5.32 Å². The van der Waals surface area contributed by atoms with E-state index in [9.17, 15) is 14.9 Å². The van der Waals surface area contributed by atoms with Crippen LogP contribution in [-0.2, 0) is 0 Å². The lowest BCUT2D eigenvalue weighted by Gasteiger charge is -2.09. The van der Waals surface area contributed by atoms with Gasteiger partial charge < -0.3 is 5.32 Å². The van der Waals surface area contributed by atoms with Crippen LogP contribution in [0, 0.1) is 24.0 Å². The van der Waals surface area contributed by atoms with E-state index in [2.05, 4.69) is 5.32 Å². The molecule has 21 heavy (non-hydrogen) atoms. The van der Waals surface area contributed by atoms with Gasteiger partial charge in [0, 0.05) is 17.3 Å². The molecule has 0 atom stereocenters. The van der Waals surface area contributed by atoms with Crippen molar-refractivity contribution in [3.05, 3.63) is 68.2 Å². The molecule has 0 aliphatic carbocycles. The molecule has 0 heterocycles. The standard InChI is InChI=1S/C15H13ClN2O3/c1-9-3-5-11(6-4-9)15(19)17-13-8-12(16)14(18(20)21)7-10(13)2/h3-8H,1-2H3,(H,17,19). The number of amides is 1. The molecule has 1 N–H and O–H groups in total. The Balaban J connectivity index is 2.27. The van der Waals surface area contributed by atoms with Gasteiger partial charge in [-0.1, -0.05) is 29.3 Å². The molecular formula is C15H13ClN2O3. The Hall–Kier alpha value is -2.40. The number of anilines is 1. The molecule has 0 aromatic heterocycles. The zero-order chi connectivity index (χ0) is 15.6. The van der Waals surface area contributed by atoms with E-state index in [4.69, 9.17) is 11.6 Å². The number of halogens is 1. The number of carbonyl (C=O) groups is 1. The van der Waals surface area contributed by atoms with E-state index in [1.54, 1.807) is 19.1 Å². The molecule has 0 aliphatic heterocycles. The molecule has 108 valence electrons. The third-order valence-electron chi connectivity index (χ3n) is 3.05. The predicted molar refractivity (Wildman–Crippen MR) is 82.0 cm³/mol. The van der Waals surface area contributed by atoms with Crippen LogP contribution in [0.1, 0.15) is 21.5 Å². The van der Waals surface area contributed by atoms with Gasteiger partial charge in [-0.2, -0.15) is 0 Å². The molecular weight excluding hydrogens is 292 g/mol. The van der Waals surface area contributed by atoms with Crippen molar-refractivity contribution < 1.29 is 9.72 Å². The zero-order valence-electron chi connectivity index (χ0n) is 11.5. The van der Waals surface area contributed by atoms with Gasteiger partial charge in [0.05, 0.1) is 4.92 Å². The fourth-order valence-corrected chi connectivity index (χ4v) is 2.07. The summed E-state index contributed by atoms with van der Waals surface area (Å²) in [6.07, 6.45) is 0. The quantitative estimate of drug-likeness (QED) is 0.685. The largest absolute Gasteiger partial charge is 0.322 e. The van der Waals surface area contributed by atoms with Gasteiger partial charge in [0.25, 0.3) is 11.6 Å². The number of nitro groups is 1. The van der Waals surface area contributed by atoms with Gasteiger partial charge in [-0.05, 0) is 37.6 Å². The van der Waals surface area contributed by atoms with Gasteiger partial charge in [0.2, 0.25) is 0 Å². The summed E-state index contributed by atoms with van der Waals surface area (Å²) >= 11 is 5.85. The Bertz CT molecular complexity index is 712. The number of rotatable bonds is 3. The van der Waals surface area contributed by atoms with Crippen LogP contribution in [0.25, 0.3) is 0 Å². The first-order valence-corrected chi connectivity index (χ1v) is 6.59. The van der Waals surface area contributed by atoms with Crippen LogP contribution in [0.5, 0.6) is 0 Å². The number of nitrogens with one attached hydrogen (secondary N) is 1. The molecule has 0 saturated heterocycles. The monoisotopic (exact) mass is 304 g/mol. The van der Waals surface area contributed by atoms with Gasteiger partial charge in [0.1, 0.15) is 5.02 Å². The topological polar surface area (TPSA) is 72.2 Å². The van der Waals surface area contributed by atoms with Gasteiger partial charge >= 0.3 is 0 Å². The number of benzene rings is 2. The minimum absolute atomic E-state index is 0.00944. The summed E-state index contributed by atoms with van der Waals surface area (Å²) in [5.74, 6) is -0.289. The van der Waals surface area contributed by atoms with Crippen molar-refractivity contribution in [2.24, 2.45) is 0 Å². The van der Waals surface area contributed by atoms with Gasteiger partial charge in [-0.25, -0.2) is 0 Å². The smallest absolute Gasteiger partial charge is 0.288 e. The molecule has 0 fully saturated rings. The number of hydrogen-bond donors (Lipinski definition) is 1. The molecule has 6 heteroatoms. The first kappa shape index (κ1) is 15.0. The molecule has 0 spiro atoms. The van der Waals surface area contributed by atoms with Gasteiger partial charge in [0.15, 0.2) is 0 Å². The predicted octanol–water partition coefficient (Wildman–Crippen LogP) is 4.12. The van der Waals surface area contributed by atoms with E-state index in [1.807, 2.05) is 19.1 Å². The molecule has 0 radical (unpaired) electrons. The average Bonchev–Trinajstić information content (AvgIpc) is 2.42. The van der Waals surface area contributed by atoms with E-state index in [-0.39, 0.29) is 16.6 Å². The molecule has 2 aromatic carbocycles. The van der Waals surface area contributed by atoms with E-state index >= 15 is 0 Å². The summed E-state index contributed by atoms with van der Waals surface area (Å²) in [5, 5.41) is 13.5. The minimum Gasteiger partial charge on any atom is -0.322 e. The lowest BCUT2D eigenvalue weighted by Crippen LogP contribution is -2.12. The maximum Gasteiger partial charge on any atom is 0.288 e. The fraction of sp³-hybridized carbons (Fsp3) is 0.133. The van der Waals surface area contributed by atoms with E-state index < -0.39 is 4.92 Å². The Morgan fingerprint density at radius 1 is 1.19 bits per heavy atom. The Labute approximate surface area is 126 Å². The second kappa shape index (κ2) is 5.93. The van der Waals surface area contributed by atoms with Gasteiger partial charge in [-0.15, -0.1) is 0 Å². The van der Waals surface area contributed by atoms with Crippen molar-refractivity contribution in [2.45, 2.75) is 13.8 Å². The number of nitro benzene ring substituents is 1. The minimum atomic E-state index is -0.555. The number of nitrogens with zero attached hydrogens (tertiary/aromatic N) is 1. The second-order valence-corrected chi connectivity index (χ2v) is 5.10. The van der Waals surface area contributed by atoms with Crippen LogP contribution in [0.3, 0.4) is 0 Å². The fourth-order valence-electron chi connectivity index (χ4n) is 1.84. The summed E-state index contributed by atoms with van der Waals surface area (Å²) < 4.78 is 0. The maximum absolute atomic E-state index is 12.1. The summed E-state index contributed by atoms with van der Waals surface area (Å²) in [7, 11) is 0. The molecule has 1 amide bonds. The summed E-state index contributed by atoms with van der Waals surface area (Å²) in [4.78, 5) is 22.4. The molecule has 2 rings (SSSR count). The first-order valence-electron chi connectivity index (χ1n) is 6.21. The number of hydrogen-bond acceptors (Lipinski definition) is 3. The molecule has 0 aliphatic rings. The average molecular weight is 305 g/mol. The SMILES string of the molecule is Cc1ccc(C(=O)Nc2cc(Cl)c([N+](=O)[O-])cc2C)cc1. The van der Waals surface area contributed by atoms with Crippen LogP contribution in [0.15, 0.2) is 36.4 Å². The van der Waals surface area contributed by atoms with Crippen LogP contribution >= 0.6 is 11.6 Å². The Morgan fingerprint density at radius 2 is 1.81 bits per heavy atom. The Morgan fingerprint density at radius 3 is 2.38 bits per heavy atom. The van der Waals surface area contributed by atoms with E-state index in [0.29, 0.717) is 16.8 Å². The molecule has 2 aromatic rings. The maximum atomic E-state index is 12.1. The molecule has 0 unspecified atom stereocenters. The van der Waals surface area contributed by atoms with Crippen molar-refractivity contribution >= 4 is 28.9 Å². The van der Waals surface area contributed by atoms with Crippen molar-refractivity contribution in [3.8, 4) is 0 Å². The molecule has 5 nitrogen and oxygen atoms in total. The highest BCUT2D eigenvalue weighted by molar-refractivity contribution is 6.33. The van der Waals surface area contributed by atoms with E-state index in [1.165, 1.54) is 12.1 Å². The highest BCUT2D eigenvalue weighted by Crippen LogP contribution is 2.30. The normalized spacial score (nSPS) is 10.2. The Kier molecular flexibility index (Phi) is 4.23. The van der Waals surface area contributed by atoms with E-state index in [0.717, 1.165) is 5.56 Å². The van der Waals surface area contributed by atoms with Crippen molar-refractivity contribution in [1.29, 1.82) is 0 Å². The van der Waals surface area contributed by atoms with Crippen molar-refractivity contribution in [1.82, 2.24) is 0 Å². The summed E-state index contributed by atoms with van der Waals surface area (Å²) in [6.45, 7) is 3.61. The summed E-state index contributed by atoms with van der Waals surface area (Å²) in [6, 6.07) is 9.84. The highest BCUT2D eigenvalue weighted by atomic mass is 35.5. The third-order valence-corrected chi connectivity index (χ3v) is 3.36. The van der Waals surface area contributed by atoms with Crippen molar-refractivity contribution in [3.63, 3.8) is 0 Å². The lowest BCUT2D eigenvalue weighted by molar-refractivity contribution is -0.384. The zero-order valence-corrected chi connectivity index (χ0v) is 12.3. The lowest BCUT2D eigenvalue weighted by atomic mass is 10.1. The molecule has 0 saturated carbocycles. The first-order chi connectivity index (χ1) is 9.88.